The molecule has 0 spiro atoms. The van der Waals surface area contributed by atoms with Crippen molar-refractivity contribution in [2.24, 2.45) is 0 Å². The topological polar surface area (TPSA) is 60.7 Å². The van der Waals surface area contributed by atoms with Gasteiger partial charge in [0, 0.05) is 16.1 Å². The third-order valence-electron chi connectivity index (χ3n) is 2.82. The fourth-order valence-electron chi connectivity index (χ4n) is 1.99. The Labute approximate surface area is 105 Å². The van der Waals surface area contributed by atoms with E-state index < -0.39 is 7.92 Å². The third-order valence-corrected chi connectivity index (χ3v) is 4.01. The van der Waals surface area contributed by atoms with E-state index in [2.05, 4.69) is 0 Å². The highest BCUT2D eigenvalue weighted by Gasteiger charge is 2.12. The fraction of sp³-hybridized carbons (Fsp3) is 0. The molecular weight excluding hydrogens is 243 g/mol. The summed E-state index contributed by atoms with van der Waals surface area (Å²) < 4.78 is 5.70. The molecule has 2 aromatic carbocycles. The first-order chi connectivity index (χ1) is 8.83. The molecule has 0 saturated heterocycles. The van der Waals surface area contributed by atoms with Gasteiger partial charge in [0.15, 0.2) is 0 Å². The van der Waals surface area contributed by atoms with Crippen molar-refractivity contribution in [1.82, 2.24) is 0 Å². The number of fused-ring (bicyclic) bond motifs is 3. The summed E-state index contributed by atoms with van der Waals surface area (Å²) in [5.74, 6) is 4.09. The molecule has 1 heterocycles. The Morgan fingerprint density at radius 1 is 0.889 bits per heavy atom. The molecular formula is C14H7N2OP. The lowest BCUT2D eigenvalue weighted by Gasteiger charge is -1.99. The Morgan fingerprint density at radius 3 is 2.39 bits per heavy atom. The van der Waals surface area contributed by atoms with E-state index in [9.17, 15) is 0 Å². The molecule has 0 atom stereocenters. The third kappa shape index (κ3) is 1.54. The molecule has 18 heavy (non-hydrogen) atoms. The standard InChI is InChI=1S/C14H7N2OP/c15-8-18(9-16)10-5-6-14-12(7-10)11-3-1-2-4-13(11)17-14/h1-7H. The van der Waals surface area contributed by atoms with Crippen molar-refractivity contribution in [3.63, 3.8) is 0 Å². The van der Waals surface area contributed by atoms with Crippen LogP contribution < -0.4 is 5.30 Å². The first-order valence-corrected chi connectivity index (χ1v) is 6.68. The molecule has 0 aliphatic heterocycles. The molecule has 4 heteroatoms. The van der Waals surface area contributed by atoms with Crippen LogP contribution in [0.3, 0.4) is 0 Å². The molecule has 3 rings (SSSR count). The number of benzene rings is 2. The second kappa shape index (κ2) is 4.15. The fourth-order valence-corrected chi connectivity index (χ4v) is 2.75. The van der Waals surface area contributed by atoms with Crippen LogP contribution in [0.5, 0.6) is 0 Å². The number of nitriles is 2. The van der Waals surface area contributed by atoms with E-state index in [4.69, 9.17) is 14.9 Å². The van der Waals surface area contributed by atoms with Gasteiger partial charge in [-0.25, -0.2) is 0 Å². The molecule has 0 saturated carbocycles. The Kier molecular flexibility index (Phi) is 2.49. The van der Waals surface area contributed by atoms with Crippen LogP contribution in [0, 0.1) is 22.1 Å². The molecule has 0 bridgehead atoms. The van der Waals surface area contributed by atoms with E-state index in [1.807, 2.05) is 48.0 Å². The van der Waals surface area contributed by atoms with Gasteiger partial charge in [0.05, 0.1) is 0 Å². The molecule has 0 aliphatic carbocycles. The van der Waals surface area contributed by atoms with Crippen LogP contribution in [-0.4, -0.2) is 0 Å². The van der Waals surface area contributed by atoms with Crippen LogP contribution in [-0.2, 0) is 0 Å². The van der Waals surface area contributed by atoms with Gasteiger partial charge in [-0.3, -0.25) is 0 Å². The molecule has 3 nitrogen and oxygen atoms in total. The normalized spacial score (nSPS) is 10.6. The van der Waals surface area contributed by atoms with Gasteiger partial charge in [-0.05, 0) is 24.3 Å². The largest absolute Gasteiger partial charge is 0.456 e. The summed E-state index contributed by atoms with van der Waals surface area (Å²) in [6.45, 7) is 0. The maximum atomic E-state index is 8.95. The van der Waals surface area contributed by atoms with Crippen LogP contribution in [0.25, 0.3) is 21.9 Å². The summed E-state index contributed by atoms with van der Waals surface area (Å²) in [7, 11) is -1.39. The summed E-state index contributed by atoms with van der Waals surface area (Å²) in [6, 6.07) is 13.3. The van der Waals surface area contributed by atoms with Gasteiger partial charge in [0.25, 0.3) is 0 Å². The number of hydrogen-bond donors (Lipinski definition) is 0. The van der Waals surface area contributed by atoms with E-state index in [0.717, 1.165) is 27.2 Å². The van der Waals surface area contributed by atoms with Crippen LogP contribution in [0.15, 0.2) is 46.9 Å². The lowest BCUT2D eigenvalue weighted by molar-refractivity contribution is 0.669. The summed E-state index contributed by atoms with van der Waals surface area (Å²) >= 11 is 0. The number of rotatable bonds is 1. The monoisotopic (exact) mass is 250 g/mol. The van der Waals surface area contributed by atoms with E-state index in [1.54, 1.807) is 6.07 Å². The zero-order valence-corrected chi connectivity index (χ0v) is 10.2. The maximum Gasteiger partial charge on any atom is 0.141 e. The zero-order chi connectivity index (χ0) is 12.5. The summed E-state index contributed by atoms with van der Waals surface area (Å²) in [5, 5.41) is 20.6. The highest BCUT2D eigenvalue weighted by molar-refractivity contribution is 7.74. The van der Waals surface area contributed by atoms with E-state index in [0.29, 0.717) is 0 Å². The van der Waals surface area contributed by atoms with Gasteiger partial charge in [-0.2, -0.15) is 10.5 Å². The van der Waals surface area contributed by atoms with Crippen molar-refractivity contribution in [2.45, 2.75) is 0 Å². The molecule has 3 aromatic rings. The SMILES string of the molecule is N#CP(C#N)c1ccc2oc3ccccc3c2c1. The van der Waals surface area contributed by atoms with Crippen molar-refractivity contribution in [3.05, 3.63) is 42.5 Å². The van der Waals surface area contributed by atoms with Crippen LogP contribution in [0.4, 0.5) is 0 Å². The molecule has 1 aromatic heterocycles. The Morgan fingerprint density at radius 2 is 1.61 bits per heavy atom. The Hall–Kier alpha value is -2.35. The predicted molar refractivity (Wildman–Crippen MR) is 71.5 cm³/mol. The van der Waals surface area contributed by atoms with Crippen molar-refractivity contribution in [2.75, 3.05) is 0 Å². The second-order valence-corrected chi connectivity index (χ2v) is 5.40. The molecule has 0 fully saturated rings. The summed E-state index contributed by atoms with van der Waals surface area (Å²) in [5.41, 5.74) is 1.61. The van der Waals surface area contributed by atoms with E-state index in [-0.39, 0.29) is 0 Å². The van der Waals surface area contributed by atoms with Crippen molar-refractivity contribution in [1.29, 1.82) is 10.5 Å². The number of nitrogens with zero attached hydrogens (tertiary/aromatic N) is 2. The van der Waals surface area contributed by atoms with Crippen molar-refractivity contribution in [3.8, 4) is 11.6 Å². The Bertz CT molecular complexity index is 809. The summed E-state index contributed by atoms with van der Waals surface area (Å²) in [6.07, 6.45) is 0. The number of para-hydroxylation sites is 1. The van der Waals surface area contributed by atoms with Crippen LogP contribution in [0.2, 0.25) is 0 Å². The van der Waals surface area contributed by atoms with Gasteiger partial charge >= 0.3 is 0 Å². The molecule has 0 radical (unpaired) electrons. The zero-order valence-electron chi connectivity index (χ0n) is 9.29. The molecule has 0 N–H and O–H groups in total. The van der Waals surface area contributed by atoms with E-state index >= 15 is 0 Å². The lowest BCUT2D eigenvalue weighted by Crippen LogP contribution is -1.96. The number of hydrogen-bond acceptors (Lipinski definition) is 3. The molecule has 0 amide bonds. The van der Waals surface area contributed by atoms with Crippen LogP contribution >= 0.6 is 7.92 Å². The van der Waals surface area contributed by atoms with Gasteiger partial charge in [-0.15, -0.1) is 0 Å². The van der Waals surface area contributed by atoms with Gasteiger partial charge in [-0.1, -0.05) is 18.2 Å². The highest BCUT2D eigenvalue weighted by atomic mass is 31.1. The first-order valence-electron chi connectivity index (χ1n) is 5.34. The quantitative estimate of drug-likeness (QED) is 0.619. The van der Waals surface area contributed by atoms with Gasteiger partial charge < -0.3 is 4.42 Å². The average Bonchev–Trinajstić information content (AvgIpc) is 2.78. The molecule has 0 aliphatic rings. The average molecular weight is 250 g/mol. The predicted octanol–water partition coefficient (Wildman–Crippen LogP) is 3.66. The second-order valence-electron chi connectivity index (χ2n) is 3.81. The molecule has 0 unspecified atom stereocenters. The van der Waals surface area contributed by atoms with E-state index in [1.165, 1.54) is 0 Å². The lowest BCUT2D eigenvalue weighted by atomic mass is 10.1. The maximum absolute atomic E-state index is 8.95. The van der Waals surface area contributed by atoms with Crippen molar-refractivity contribution >= 4 is 35.2 Å². The van der Waals surface area contributed by atoms with Gasteiger partial charge in [0.1, 0.15) is 30.7 Å². The van der Waals surface area contributed by atoms with Crippen molar-refractivity contribution < 1.29 is 4.42 Å². The highest BCUT2D eigenvalue weighted by Crippen LogP contribution is 2.34. The van der Waals surface area contributed by atoms with Crippen LogP contribution in [0.1, 0.15) is 0 Å². The van der Waals surface area contributed by atoms with Gasteiger partial charge in [0.2, 0.25) is 0 Å². The number of furan rings is 1. The summed E-state index contributed by atoms with van der Waals surface area (Å²) in [4.78, 5) is 0. The minimum atomic E-state index is -1.39. The Balaban J connectivity index is 2.32. The molecule has 84 valence electrons. The minimum Gasteiger partial charge on any atom is -0.456 e. The first kappa shape index (κ1) is 10.8. The smallest absolute Gasteiger partial charge is 0.141 e. The minimum absolute atomic E-state index is 0.772.